The first kappa shape index (κ1) is 17.6. The first-order valence-corrected chi connectivity index (χ1v) is 7.79. The van der Waals surface area contributed by atoms with E-state index in [0.717, 1.165) is 0 Å². The van der Waals surface area contributed by atoms with E-state index in [0.29, 0.717) is 36.9 Å². The molecule has 0 aliphatic carbocycles. The molecule has 1 amide bonds. The Morgan fingerprint density at radius 1 is 1.39 bits per heavy atom. The Balaban J connectivity index is 2.26. The van der Waals surface area contributed by atoms with Crippen LogP contribution in [0, 0.1) is 0 Å². The minimum atomic E-state index is -1.63. The molecule has 1 aliphatic rings. The van der Waals surface area contributed by atoms with Crippen molar-refractivity contribution >= 4 is 11.7 Å². The van der Waals surface area contributed by atoms with E-state index in [1.165, 1.54) is 0 Å². The van der Waals surface area contributed by atoms with Gasteiger partial charge in [0.1, 0.15) is 0 Å². The number of carbonyl (C=O) groups is 2. The second-order valence-corrected chi connectivity index (χ2v) is 5.93. The molecule has 7 nitrogen and oxygen atoms in total. The summed E-state index contributed by atoms with van der Waals surface area (Å²) in [5, 5.41) is 15.1. The van der Waals surface area contributed by atoms with Gasteiger partial charge in [-0.15, -0.1) is 0 Å². The highest BCUT2D eigenvalue weighted by molar-refractivity contribution is 6.02. The molecule has 1 aromatic carbocycles. The normalized spacial score (nSPS) is 21.2. The van der Waals surface area contributed by atoms with Crippen LogP contribution in [0.3, 0.4) is 0 Å². The molecule has 2 rings (SSSR count). The Morgan fingerprint density at radius 2 is 2.09 bits per heavy atom. The summed E-state index contributed by atoms with van der Waals surface area (Å²) in [6, 6.07) is 6.21. The molecule has 1 fully saturated rings. The van der Waals surface area contributed by atoms with Gasteiger partial charge in [0, 0.05) is 24.1 Å². The Labute approximate surface area is 135 Å². The zero-order chi connectivity index (χ0) is 17.0. The number of ketones is 1. The van der Waals surface area contributed by atoms with Crippen molar-refractivity contribution in [2.45, 2.75) is 44.1 Å². The lowest BCUT2D eigenvalue weighted by Gasteiger charge is -2.28. The highest BCUT2D eigenvalue weighted by Crippen LogP contribution is 2.21. The summed E-state index contributed by atoms with van der Waals surface area (Å²) in [5.41, 5.74) is 12.8. The quantitative estimate of drug-likeness (QED) is 0.356. The summed E-state index contributed by atoms with van der Waals surface area (Å²) in [6.45, 7) is 2.26. The molecule has 1 heterocycles. The maximum atomic E-state index is 12.7. The van der Waals surface area contributed by atoms with Crippen molar-refractivity contribution in [3.8, 4) is 0 Å². The van der Waals surface area contributed by atoms with Crippen molar-refractivity contribution < 1.29 is 14.7 Å². The molecule has 7 heteroatoms. The van der Waals surface area contributed by atoms with Crippen LogP contribution >= 0.6 is 0 Å². The van der Waals surface area contributed by atoms with Gasteiger partial charge in [0.05, 0.1) is 12.1 Å². The summed E-state index contributed by atoms with van der Waals surface area (Å²) in [5.74, 6) is -2.09. The van der Waals surface area contributed by atoms with Gasteiger partial charge in [-0.25, -0.2) is 0 Å². The smallest absolute Gasteiger partial charge is 0.222 e. The number of carbonyl (C=O) groups excluding carboxylic acids is 2. The molecule has 0 saturated carbocycles. The van der Waals surface area contributed by atoms with Crippen LogP contribution in [0.2, 0.25) is 0 Å². The summed E-state index contributed by atoms with van der Waals surface area (Å²) in [7, 11) is 0. The Morgan fingerprint density at radius 3 is 2.70 bits per heavy atom. The molecule has 0 spiro atoms. The lowest BCUT2D eigenvalue weighted by molar-refractivity contribution is -0.123. The van der Waals surface area contributed by atoms with Gasteiger partial charge in [0.2, 0.25) is 5.91 Å². The average molecular weight is 320 g/mol. The Kier molecular flexibility index (Phi) is 5.48. The van der Waals surface area contributed by atoms with Crippen LogP contribution < -0.4 is 22.1 Å². The topological polar surface area (TPSA) is 130 Å². The predicted molar refractivity (Wildman–Crippen MR) is 86.3 cm³/mol. The van der Waals surface area contributed by atoms with Gasteiger partial charge < -0.3 is 15.7 Å². The van der Waals surface area contributed by atoms with Crippen LogP contribution in [0.1, 0.15) is 42.1 Å². The van der Waals surface area contributed by atoms with Crippen LogP contribution in [0.5, 0.6) is 0 Å². The molecule has 7 N–H and O–H groups in total. The molecule has 23 heavy (non-hydrogen) atoms. The third kappa shape index (κ3) is 4.14. The van der Waals surface area contributed by atoms with Crippen molar-refractivity contribution in [3.05, 3.63) is 35.4 Å². The Bertz CT molecular complexity index is 588. The van der Waals surface area contributed by atoms with Crippen molar-refractivity contribution in [2.24, 2.45) is 11.5 Å². The number of nitrogens with two attached hydrogens (primary N) is 2. The molecule has 1 saturated heterocycles. The average Bonchev–Trinajstić information content (AvgIpc) is 2.93. The fourth-order valence-electron chi connectivity index (χ4n) is 2.75. The van der Waals surface area contributed by atoms with Gasteiger partial charge >= 0.3 is 0 Å². The molecule has 2 atom stereocenters. The van der Waals surface area contributed by atoms with Gasteiger partial charge in [-0.3, -0.25) is 21.1 Å². The number of amides is 1. The fraction of sp³-hybridized carbons (Fsp3) is 0.500. The zero-order valence-electron chi connectivity index (χ0n) is 13.2. The first-order chi connectivity index (χ1) is 10.8. The number of hydrogen-bond donors (Lipinski definition) is 5. The van der Waals surface area contributed by atoms with E-state index >= 15 is 0 Å². The zero-order valence-corrected chi connectivity index (χ0v) is 13.2. The van der Waals surface area contributed by atoms with E-state index in [2.05, 4.69) is 10.6 Å². The fourth-order valence-corrected chi connectivity index (χ4v) is 2.75. The van der Waals surface area contributed by atoms with Crippen LogP contribution in [-0.4, -0.2) is 35.5 Å². The highest BCUT2D eigenvalue weighted by atomic mass is 16.3. The van der Waals surface area contributed by atoms with Crippen molar-refractivity contribution in [1.82, 2.24) is 10.6 Å². The van der Waals surface area contributed by atoms with Crippen LogP contribution in [0.15, 0.2) is 24.3 Å². The van der Waals surface area contributed by atoms with E-state index < -0.39 is 17.9 Å². The van der Waals surface area contributed by atoms with Crippen molar-refractivity contribution in [2.75, 3.05) is 6.54 Å². The summed E-state index contributed by atoms with van der Waals surface area (Å²) in [4.78, 5) is 24.5. The van der Waals surface area contributed by atoms with E-state index in [4.69, 9.17) is 11.5 Å². The predicted octanol–water partition coefficient (Wildman–Crippen LogP) is -0.464. The van der Waals surface area contributed by atoms with Gasteiger partial charge in [-0.2, -0.15) is 0 Å². The van der Waals surface area contributed by atoms with Crippen LogP contribution in [0.4, 0.5) is 0 Å². The standard InChI is InChI=1S/C16H24N4O3/c1-2-5-14(22)20-16(17,18)12-7-4-3-6-11(12)15(23)13-8-10(21)9-19-13/h3-4,6-7,10,13,19,21H,2,5,8-9,17-18H2,1H3,(H,20,22)/t10-,13+/m1/s1. The van der Waals surface area contributed by atoms with Gasteiger partial charge in [0.25, 0.3) is 0 Å². The minimum Gasteiger partial charge on any atom is -0.392 e. The maximum Gasteiger partial charge on any atom is 0.222 e. The molecule has 1 aliphatic heterocycles. The number of benzene rings is 1. The van der Waals surface area contributed by atoms with Crippen molar-refractivity contribution in [3.63, 3.8) is 0 Å². The number of β-amino-alcohol motifs (C(OH)–C–C–N with tert-alkyl or cyclic N) is 1. The van der Waals surface area contributed by atoms with Gasteiger partial charge in [-0.1, -0.05) is 31.2 Å². The number of nitrogens with one attached hydrogen (secondary N) is 2. The maximum absolute atomic E-state index is 12.7. The number of rotatable bonds is 6. The summed E-state index contributed by atoms with van der Waals surface area (Å²) < 4.78 is 0. The van der Waals surface area contributed by atoms with Crippen LogP contribution in [0.25, 0.3) is 0 Å². The van der Waals surface area contributed by atoms with E-state index in [1.54, 1.807) is 24.3 Å². The van der Waals surface area contributed by atoms with E-state index in [1.807, 2.05) is 6.92 Å². The number of Topliss-reactive ketones (excluding diaryl/α,β-unsaturated/α-hetero) is 1. The lowest BCUT2D eigenvalue weighted by Crippen LogP contribution is -2.60. The van der Waals surface area contributed by atoms with Gasteiger partial charge in [-0.05, 0) is 12.8 Å². The lowest BCUT2D eigenvalue weighted by atomic mass is 9.94. The minimum absolute atomic E-state index is 0.192. The molecular formula is C16H24N4O3. The first-order valence-electron chi connectivity index (χ1n) is 7.79. The summed E-state index contributed by atoms with van der Waals surface area (Å²) >= 11 is 0. The second kappa shape index (κ2) is 7.18. The molecular weight excluding hydrogens is 296 g/mol. The monoisotopic (exact) mass is 320 g/mol. The summed E-state index contributed by atoms with van der Waals surface area (Å²) in [6.07, 6.45) is 0.785. The number of aliphatic hydroxyl groups is 1. The molecule has 1 aromatic rings. The molecule has 0 aromatic heterocycles. The molecule has 0 unspecified atom stereocenters. The third-order valence-electron chi connectivity index (χ3n) is 3.89. The van der Waals surface area contributed by atoms with Gasteiger partial charge in [0.15, 0.2) is 11.6 Å². The molecule has 126 valence electrons. The van der Waals surface area contributed by atoms with Crippen molar-refractivity contribution in [1.29, 1.82) is 0 Å². The largest absolute Gasteiger partial charge is 0.392 e. The number of hydrogen-bond acceptors (Lipinski definition) is 6. The number of aliphatic hydroxyl groups excluding tert-OH is 1. The highest BCUT2D eigenvalue weighted by Gasteiger charge is 2.34. The van der Waals surface area contributed by atoms with Crippen LogP contribution in [-0.2, 0) is 10.6 Å². The third-order valence-corrected chi connectivity index (χ3v) is 3.89. The second-order valence-electron chi connectivity index (χ2n) is 5.93. The Hall–Kier alpha value is -1.80. The SMILES string of the molecule is CCCC(=O)NC(N)(N)c1ccccc1C(=O)[C@@H]1C[C@@H](O)CN1. The molecule has 0 bridgehead atoms. The molecule has 0 radical (unpaired) electrons. The van der Waals surface area contributed by atoms with E-state index in [-0.39, 0.29) is 11.7 Å². The van der Waals surface area contributed by atoms with E-state index in [9.17, 15) is 14.7 Å².